The second kappa shape index (κ2) is 32.7. The number of hydrogen-bond acceptors (Lipinski definition) is 0. The molecule has 0 N–H and O–H groups in total. The summed E-state index contributed by atoms with van der Waals surface area (Å²) in [6, 6.07) is 126. The molecule has 16 aromatic carbocycles. The molecule has 0 saturated carbocycles. The summed E-state index contributed by atoms with van der Waals surface area (Å²) in [5, 5.41) is 20.1. The normalized spacial score (nSPS) is 12.5. The fraction of sp³-hybridized carbons (Fsp3) is 0.107. The zero-order chi connectivity index (χ0) is 93.1. The van der Waals surface area contributed by atoms with Gasteiger partial charge in [0, 0.05) is 106 Å². The second-order valence-electron chi connectivity index (χ2n) is 34.9. The van der Waals surface area contributed by atoms with Crippen LogP contribution in [0.4, 0.5) is 0 Å². The zero-order valence-corrected chi connectivity index (χ0v) is 74.5. The molecule has 0 aliphatic rings. The van der Waals surface area contributed by atoms with E-state index in [1.807, 2.05) is 38.1 Å². The van der Waals surface area contributed by atoms with Crippen LogP contribution in [0.5, 0.6) is 0 Å². The summed E-state index contributed by atoms with van der Waals surface area (Å²) in [6.45, 7) is 8.39. The monoisotopic (exact) mass is 1670 g/mol. The number of rotatable bonds is 8. The van der Waals surface area contributed by atoms with Gasteiger partial charge >= 0.3 is 0 Å². The Kier molecular flexibility index (Phi) is 18.7. The summed E-state index contributed by atoms with van der Waals surface area (Å²) in [5.74, 6) is 0. The first kappa shape index (κ1) is 73.7. The van der Waals surface area contributed by atoms with Gasteiger partial charge in [-0.25, -0.2) is 18.3 Å². The Labute approximate surface area is 761 Å². The smallest absolute Gasteiger partial charge is 0.214 e. The highest BCUT2D eigenvalue weighted by Gasteiger charge is 2.28. The molecule has 0 unspecified atom stereocenters. The lowest BCUT2D eigenvalue weighted by Gasteiger charge is -2.09. The van der Waals surface area contributed by atoms with E-state index in [4.69, 9.17) is 8.22 Å². The molecule has 8 aromatic heterocycles. The molecule has 0 fully saturated rings. The third-order valence-electron chi connectivity index (χ3n) is 26.4. The third kappa shape index (κ3) is 14.3. The molecule has 0 radical (unpaired) electrons. The van der Waals surface area contributed by atoms with E-state index in [1.54, 1.807) is 24.3 Å². The Balaban J connectivity index is 0.000000108. The first-order valence-corrected chi connectivity index (χ1v) is 44.3. The molecule has 129 heavy (non-hydrogen) atoms. The topological polar surface area (TPSA) is 35.2 Å². The Morgan fingerprint density at radius 1 is 0.217 bits per heavy atom. The maximum Gasteiger partial charge on any atom is 0.214 e. The number of pyridine rings is 4. The highest BCUT2D eigenvalue weighted by molar-refractivity contribution is 6.24. The van der Waals surface area contributed by atoms with Gasteiger partial charge in [0.25, 0.3) is 0 Å². The van der Waals surface area contributed by atoms with Crippen molar-refractivity contribution in [3.8, 4) is 73.2 Å². The molecule has 0 atom stereocenters. The molecule has 0 bridgehead atoms. The molecule has 0 aliphatic carbocycles. The Hall–Kier alpha value is -15.6. The molecular formula is C121H102N8+4. The third-order valence-corrected chi connectivity index (χ3v) is 26.4. The Morgan fingerprint density at radius 2 is 0.574 bits per heavy atom. The van der Waals surface area contributed by atoms with Gasteiger partial charge < -0.3 is 18.3 Å². The highest BCUT2D eigenvalue weighted by Crippen LogP contribution is 2.44. The molecule has 24 aromatic rings. The van der Waals surface area contributed by atoms with Gasteiger partial charge in [0.1, 0.15) is 28.2 Å². The van der Waals surface area contributed by atoms with Crippen LogP contribution in [0.1, 0.15) is 52.7 Å². The minimum absolute atomic E-state index is 0.368. The van der Waals surface area contributed by atoms with Crippen LogP contribution in [-0.4, -0.2) is 18.3 Å². The van der Waals surface area contributed by atoms with Gasteiger partial charge in [0.05, 0.1) is 60.2 Å². The van der Waals surface area contributed by atoms with Crippen LogP contribution in [-0.2, 0) is 35.2 Å². The van der Waals surface area contributed by atoms with E-state index < -0.39 is 13.7 Å². The number of aromatic nitrogens is 8. The van der Waals surface area contributed by atoms with Crippen molar-refractivity contribution in [3.63, 3.8) is 0 Å². The lowest BCUT2D eigenvalue weighted by Crippen LogP contribution is -2.30. The molecule has 0 spiro atoms. The summed E-state index contributed by atoms with van der Waals surface area (Å²) in [4.78, 5) is 0. The van der Waals surface area contributed by atoms with Crippen molar-refractivity contribution in [1.29, 1.82) is 0 Å². The SMILES string of the molecule is Cc1ccc2c(ccc3c2c2c[n+](C)c(-c4ccccc4C)cc2n3-c2ccccc2)c1.Cc1ccccc1-c1cc2c(c[n+]1C)c1c3ccccc3ccc1n2-c1ccccc1.[2H]C([2H])([2H])c1ccc(-c2cc3c(c[n+]2C)c2c4ccc(C)cc4ccc2n3-c2ccccc2)c(C)c1.[2H]C([2H])([2H])c1ccc(-c2cc3c(c[n+]2C)c2cc4ccc(-c5ccccc5)cc4cc2n3C)c(C)c1. The van der Waals surface area contributed by atoms with Crippen molar-refractivity contribution in [2.75, 3.05) is 0 Å². The first-order valence-electron chi connectivity index (χ1n) is 47.3. The molecule has 24 rings (SSSR count). The molecule has 0 amide bonds. The largest absolute Gasteiger partial charge is 0.343 e. The van der Waals surface area contributed by atoms with E-state index in [2.05, 4.69) is 434 Å². The lowest BCUT2D eigenvalue weighted by atomic mass is 9.99. The Morgan fingerprint density at radius 3 is 1.01 bits per heavy atom. The van der Waals surface area contributed by atoms with Crippen molar-refractivity contribution in [2.24, 2.45) is 35.2 Å². The quantitative estimate of drug-likeness (QED) is 0.136. The van der Waals surface area contributed by atoms with Crippen molar-refractivity contribution < 1.29 is 26.5 Å². The predicted octanol–water partition coefficient (Wildman–Crippen LogP) is 28.4. The van der Waals surface area contributed by atoms with Crippen LogP contribution >= 0.6 is 0 Å². The molecule has 0 aliphatic heterocycles. The summed E-state index contributed by atoms with van der Waals surface area (Å²) >= 11 is 0. The van der Waals surface area contributed by atoms with Gasteiger partial charge in [-0.15, -0.1) is 0 Å². The number of fused-ring (bicyclic) bond motifs is 19. The minimum atomic E-state index is -2.12. The lowest BCUT2D eigenvalue weighted by molar-refractivity contribution is -0.659. The molecule has 8 heteroatoms. The molecule has 622 valence electrons. The highest BCUT2D eigenvalue weighted by atomic mass is 15.0. The van der Waals surface area contributed by atoms with E-state index in [0.717, 1.165) is 50.4 Å². The van der Waals surface area contributed by atoms with E-state index in [0.29, 0.717) is 11.1 Å². The van der Waals surface area contributed by atoms with E-state index in [1.165, 1.54) is 187 Å². The van der Waals surface area contributed by atoms with Gasteiger partial charge in [0.2, 0.25) is 22.8 Å². The van der Waals surface area contributed by atoms with Crippen LogP contribution in [0, 0.1) is 55.2 Å². The molecular weight excluding hydrogens is 1570 g/mol. The average molecular weight is 1670 g/mol. The maximum absolute atomic E-state index is 7.78. The number of nitrogens with zero attached hydrogens (tertiary/aromatic N) is 8. The summed E-state index contributed by atoms with van der Waals surface area (Å²) in [7, 11) is 10.5. The molecule has 0 saturated heterocycles. The standard InChI is InChI=1S/2C31H27N2.C30H25N2.C29H23N2/c1-20-10-13-25(22(3)16-20)29-18-30-27(19-32(29)4)31-26-14-11-21(2)17-23(26)12-15-28(31)33(30)24-8-6-5-7-9-24;1-20-10-13-26(21(2)14-20)29-18-31-28(19-32(29)3)27-16-24-12-11-23(22-8-6-5-7-9-22)15-25(24)17-30(27)33(31)4;1-20-13-15-25-22(17-20)14-16-27-30(25)26-19-31(3)28(24-12-8-7-9-21(24)2)18-29(26)32(27)23-10-5-4-6-11-23;1-20-10-6-8-14-23(20)27-18-28-25(19-30(27)2)29-24-15-9-7-11-21(24)16-17-26(29)31(28)22-12-4-3-5-13-22/h2*5-19H,1-4H3;4-19H,1-3H3;3-19H,1-2H3/q4*+1/i2*1D3;;. The number of hydrogen-bond donors (Lipinski definition) is 0. The van der Waals surface area contributed by atoms with Crippen molar-refractivity contribution in [2.45, 2.75) is 55.2 Å². The van der Waals surface area contributed by atoms with Crippen molar-refractivity contribution in [3.05, 3.63) is 427 Å². The number of benzene rings is 16. The van der Waals surface area contributed by atoms with Crippen LogP contribution < -0.4 is 18.3 Å². The zero-order valence-electron chi connectivity index (χ0n) is 80.5. The average Bonchev–Trinajstić information content (AvgIpc) is 1.59. The van der Waals surface area contributed by atoms with Gasteiger partial charge in [-0.1, -0.05) is 259 Å². The fourth-order valence-corrected chi connectivity index (χ4v) is 20.1. The number of aryl methyl sites for hydroxylation is 13. The summed E-state index contributed by atoms with van der Waals surface area (Å²) in [6.07, 6.45) is 9.00. The minimum Gasteiger partial charge on any atom is -0.343 e. The van der Waals surface area contributed by atoms with Crippen LogP contribution in [0.2, 0.25) is 0 Å². The van der Waals surface area contributed by atoms with Gasteiger partial charge in [-0.05, 0) is 229 Å². The van der Waals surface area contributed by atoms with Crippen LogP contribution in [0.15, 0.2) is 383 Å². The van der Waals surface area contributed by atoms with Gasteiger partial charge in [-0.3, -0.25) is 0 Å². The van der Waals surface area contributed by atoms with E-state index >= 15 is 0 Å². The van der Waals surface area contributed by atoms with Crippen molar-refractivity contribution in [1.82, 2.24) is 18.3 Å². The maximum atomic E-state index is 7.78. The van der Waals surface area contributed by atoms with E-state index in [9.17, 15) is 0 Å². The fourth-order valence-electron chi connectivity index (χ4n) is 20.1. The van der Waals surface area contributed by atoms with Gasteiger partial charge in [0.15, 0.2) is 24.8 Å². The predicted molar refractivity (Wildman–Crippen MR) is 543 cm³/mol. The van der Waals surface area contributed by atoms with Crippen molar-refractivity contribution >= 4 is 130 Å². The van der Waals surface area contributed by atoms with Crippen LogP contribution in [0.25, 0.3) is 204 Å². The molecule has 8 nitrogen and oxygen atoms in total. The number of para-hydroxylation sites is 3. The second-order valence-corrected chi connectivity index (χ2v) is 34.9. The molecule has 8 heterocycles. The Bertz CT molecular complexity index is 8890. The van der Waals surface area contributed by atoms with E-state index in [-0.39, 0.29) is 0 Å². The van der Waals surface area contributed by atoms with Crippen LogP contribution in [0.3, 0.4) is 0 Å². The summed E-state index contributed by atoms with van der Waals surface area (Å²) < 4.78 is 64.8. The first-order chi connectivity index (χ1) is 65.3. The summed E-state index contributed by atoms with van der Waals surface area (Å²) in [5.41, 5.74) is 32.3. The van der Waals surface area contributed by atoms with Gasteiger partial charge in [-0.2, -0.15) is 0 Å².